The van der Waals surface area contributed by atoms with Gasteiger partial charge in [0.05, 0.1) is 11.6 Å². The zero-order valence-electron chi connectivity index (χ0n) is 23.9. The van der Waals surface area contributed by atoms with Gasteiger partial charge in [-0.25, -0.2) is 14.2 Å². The lowest BCUT2D eigenvalue weighted by Crippen LogP contribution is -2.58. The Kier molecular flexibility index (Phi) is 7.48. The van der Waals surface area contributed by atoms with Crippen molar-refractivity contribution in [2.75, 3.05) is 44.3 Å². The SMILES string of the molecule is CC(C)(C)OC(=O)N1CCN2C(=O)c3c(N4CC(CO)CC4(C)C)nc(-c4c(O)cccc4F)c(Cl)c3OC[C@H]2C1. The number of phenols is 1. The molecule has 5 rings (SSSR count). The Hall–Kier alpha value is -3.31. The predicted octanol–water partition coefficient (Wildman–Crippen LogP) is 4.30. The monoisotopic (exact) mass is 590 g/mol. The molecule has 12 heteroatoms. The number of piperazine rings is 1. The lowest BCUT2D eigenvalue weighted by atomic mass is 9.96. The molecule has 222 valence electrons. The van der Waals surface area contributed by atoms with Gasteiger partial charge < -0.3 is 34.4 Å². The first-order chi connectivity index (χ1) is 19.2. The van der Waals surface area contributed by atoms with Crippen molar-refractivity contribution in [1.82, 2.24) is 14.8 Å². The van der Waals surface area contributed by atoms with E-state index in [0.29, 0.717) is 13.0 Å². The molecule has 3 aliphatic heterocycles. The molecule has 1 unspecified atom stereocenters. The molecule has 0 radical (unpaired) electrons. The molecule has 2 N–H and O–H groups in total. The standard InChI is InChI=1S/C29H36ClFN4O6/c1-28(2,3)41-27(39)33-9-10-34-17(13-33)15-40-24-21(26(34)38)25(35-12-16(14-36)11-29(35,4)5)32-23(22(24)30)20-18(31)7-6-8-19(20)37/h6-8,16-17,36-37H,9-15H2,1-5H3/t16?,17-/m1/s1. The summed E-state index contributed by atoms with van der Waals surface area (Å²) in [7, 11) is 0. The fourth-order valence-corrected chi connectivity index (χ4v) is 6.21. The van der Waals surface area contributed by atoms with Crippen LogP contribution in [0.4, 0.5) is 15.0 Å². The first-order valence-electron chi connectivity index (χ1n) is 13.7. The van der Waals surface area contributed by atoms with E-state index in [1.807, 2.05) is 18.7 Å². The molecule has 0 bridgehead atoms. The zero-order valence-corrected chi connectivity index (χ0v) is 24.7. The number of amides is 2. The minimum absolute atomic E-state index is 0.0204. The highest BCUT2D eigenvalue weighted by atomic mass is 35.5. The maximum atomic E-state index is 15.1. The van der Waals surface area contributed by atoms with Gasteiger partial charge in [-0.3, -0.25) is 4.79 Å². The van der Waals surface area contributed by atoms with Crippen LogP contribution in [0.5, 0.6) is 11.5 Å². The van der Waals surface area contributed by atoms with Crippen LogP contribution in [0.2, 0.25) is 5.02 Å². The average Bonchev–Trinajstić information content (AvgIpc) is 3.12. The van der Waals surface area contributed by atoms with Gasteiger partial charge in [-0.1, -0.05) is 17.7 Å². The Morgan fingerprint density at radius 1 is 1.24 bits per heavy atom. The topological polar surface area (TPSA) is 116 Å². The number of phenolic OH excluding ortho intramolecular Hbond substituents is 1. The highest BCUT2D eigenvalue weighted by molar-refractivity contribution is 6.35. The van der Waals surface area contributed by atoms with E-state index in [2.05, 4.69) is 0 Å². The van der Waals surface area contributed by atoms with Crippen molar-refractivity contribution < 1.29 is 33.7 Å². The number of anilines is 1. The Morgan fingerprint density at radius 2 is 1.98 bits per heavy atom. The Morgan fingerprint density at radius 3 is 2.61 bits per heavy atom. The number of nitrogens with zero attached hydrogens (tertiary/aromatic N) is 4. The Bertz CT molecular complexity index is 1360. The van der Waals surface area contributed by atoms with Gasteiger partial charge in [-0.15, -0.1) is 0 Å². The third-order valence-corrected chi connectivity index (χ3v) is 8.16. The van der Waals surface area contributed by atoms with E-state index in [1.165, 1.54) is 18.2 Å². The molecule has 0 saturated carbocycles. The second-order valence-corrected chi connectivity index (χ2v) is 12.9. The number of aromatic nitrogens is 1. The number of aliphatic hydroxyl groups excluding tert-OH is 1. The number of aromatic hydroxyl groups is 1. The third-order valence-electron chi connectivity index (χ3n) is 7.81. The molecule has 2 atom stereocenters. The van der Waals surface area contributed by atoms with Crippen molar-refractivity contribution in [3.63, 3.8) is 0 Å². The number of benzene rings is 1. The summed E-state index contributed by atoms with van der Waals surface area (Å²) < 4.78 is 26.8. The van der Waals surface area contributed by atoms with Crippen molar-refractivity contribution >= 4 is 29.4 Å². The number of carbonyl (C=O) groups excluding carboxylic acids is 2. The van der Waals surface area contributed by atoms with Crippen molar-refractivity contribution in [2.45, 2.75) is 58.2 Å². The molecule has 2 amide bonds. The third kappa shape index (κ3) is 5.37. The van der Waals surface area contributed by atoms with Gasteiger partial charge in [-0.2, -0.15) is 0 Å². The molecular weight excluding hydrogens is 555 g/mol. The lowest BCUT2D eigenvalue weighted by molar-refractivity contribution is 0.000952. The van der Waals surface area contributed by atoms with Gasteiger partial charge in [0.25, 0.3) is 5.91 Å². The number of rotatable bonds is 3. The summed E-state index contributed by atoms with van der Waals surface area (Å²) in [5, 5.41) is 20.4. The molecule has 1 aromatic heterocycles. The van der Waals surface area contributed by atoms with Crippen LogP contribution in [0.1, 0.15) is 51.4 Å². The predicted molar refractivity (Wildman–Crippen MR) is 151 cm³/mol. The van der Waals surface area contributed by atoms with Gasteiger partial charge in [0, 0.05) is 44.2 Å². The van der Waals surface area contributed by atoms with Crippen LogP contribution in [-0.2, 0) is 4.74 Å². The number of ether oxygens (including phenoxy) is 2. The molecule has 0 spiro atoms. The van der Waals surface area contributed by atoms with Gasteiger partial charge in [0.2, 0.25) is 0 Å². The van der Waals surface area contributed by atoms with E-state index < -0.39 is 29.1 Å². The first-order valence-corrected chi connectivity index (χ1v) is 14.1. The molecular formula is C29H36ClFN4O6. The summed E-state index contributed by atoms with van der Waals surface area (Å²) in [5.41, 5.74) is -1.31. The first kappa shape index (κ1) is 29.2. The maximum absolute atomic E-state index is 15.1. The number of aliphatic hydroxyl groups is 1. The average molecular weight is 591 g/mol. The molecule has 4 heterocycles. The highest BCUT2D eigenvalue weighted by Gasteiger charge is 2.45. The summed E-state index contributed by atoms with van der Waals surface area (Å²) in [4.78, 5) is 36.9. The van der Waals surface area contributed by atoms with Gasteiger partial charge >= 0.3 is 6.09 Å². The normalized spacial score (nSPS) is 22.1. The molecule has 10 nitrogen and oxygen atoms in total. The largest absolute Gasteiger partial charge is 0.507 e. The minimum atomic E-state index is -0.732. The van der Waals surface area contributed by atoms with Crippen LogP contribution >= 0.6 is 11.6 Å². The Balaban J connectivity index is 1.62. The quantitative estimate of drug-likeness (QED) is 0.544. The number of hydrogen-bond acceptors (Lipinski definition) is 8. The molecule has 2 aromatic rings. The van der Waals surface area contributed by atoms with E-state index in [4.69, 9.17) is 26.1 Å². The summed E-state index contributed by atoms with van der Waals surface area (Å²) in [5.74, 6) is -1.25. The number of halogens is 2. The summed E-state index contributed by atoms with van der Waals surface area (Å²) in [6, 6.07) is 3.40. The fourth-order valence-electron chi connectivity index (χ4n) is 5.93. The van der Waals surface area contributed by atoms with Crippen molar-refractivity contribution in [3.8, 4) is 22.8 Å². The molecule has 3 aliphatic rings. The smallest absolute Gasteiger partial charge is 0.410 e. The number of carbonyl (C=O) groups is 2. The van der Waals surface area contributed by atoms with Crippen LogP contribution < -0.4 is 9.64 Å². The molecule has 41 heavy (non-hydrogen) atoms. The van der Waals surface area contributed by atoms with Gasteiger partial charge in [-0.05, 0) is 53.2 Å². The molecule has 2 fully saturated rings. The van der Waals surface area contributed by atoms with E-state index >= 15 is 4.39 Å². The number of fused-ring (bicyclic) bond motifs is 2. The van der Waals surface area contributed by atoms with Crippen LogP contribution in [0, 0.1) is 11.7 Å². The number of hydrogen-bond donors (Lipinski definition) is 2. The Labute approximate surface area is 243 Å². The zero-order chi connectivity index (χ0) is 29.9. The maximum Gasteiger partial charge on any atom is 0.410 e. The second kappa shape index (κ2) is 10.5. The van der Waals surface area contributed by atoms with Crippen LogP contribution in [0.3, 0.4) is 0 Å². The van der Waals surface area contributed by atoms with Crippen molar-refractivity contribution in [1.29, 1.82) is 0 Å². The van der Waals surface area contributed by atoms with Gasteiger partial charge in [0.15, 0.2) is 5.75 Å². The lowest BCUT2D eigenvalue weighted by Gasteiger charge is -2.40. The number of pyridine rings is 1. The van der Waals surface area contributed by atoms with Crippen molar-refractivity contribution in [3.05, 3.63) is 34.6 Å². The van der Waals surface area contributed by atoms with Crippen LogP contribution in [0.15, 0.2) is 18.2 Å². The van der Waals surface area contributed by atoms with Crippen LogP contribution in [-0.4, -0.2) is 93.6 Å². The van der Waals surface area contributed by atoms with Crippen molar-refractivity contribution in [2.24, 2.45) is 5.92 Å². The molecule has 2 saturated heterocycles. The van der Waals surface area contributed by atoms with E-state index in [-0.39, 0.29) is 83.8 Å². The summed E-state index contributed by atoms with van der Waals surface area (Å²) >= 11 is 6.82. The van der Waals surface area contributed by atoms with E-state index in [9.17, 15) is 19.8 Å². The van der Waals surface area contributed by atoms with E-state index in [0.717, 1.165) is 0 Å². The minimum Gasteiger partial charge on any atom is -0.507 e. The van der Waals surface area contributed by atoms with Crippen LogP contribution in [0.25, 0.3) is 11.3 Å². The molecule has 1 aromatic carbocycles. The summed E-state index contributed by atoms with van der Waals surface area (Å²) in [6.07, 6.45) is 0.160. The fraction of sp³-hybridized carbons (Fsp3) is 0.552. The molecule has 0 aliphatic carbocycles. The van der Waals surface area contributed by atoms with E-state index in [1.54, 1.807) is 30.6 Å². The highest BCUT2D eigenvalue weighted by Crippen LogP contribution is 2.48. The second-order valence-electron chi connectivity index (χ2n) is 12.5. The van der Waals surface area contributed by atoms with Gasteiger partial charge in [0.1, 0.15) is 45.9 Å². The summed E-state index contributed by atoms with van der Waals surface area (Å²) in [6.45, 7) is 10.4.